The van der Waals surface area contributed by atoms with Gasteiger partial charge in [0.25, 0.3) is 0 Å². The van der Waals surface area contributed by atoms with Gasteiger partial charge < -0.3 is 10.1 Å². The van der Waals surface area contributed by atoms with E-state index in [4.69, 9.17) is 4.74 Å². The van der Waals surface area contributed by atoms with Crippen LogP contribution in [0.3, 0.4) is 0 Å². The predicted octanol–water partition coefficient (Wildman–Crippen LogP) is 4.20. The van der Waals surface area contributed by atoms with Gasteiger partial charge in [-0.2, -0.15) is 0 Å². The van der Waals surface area contributed by atoms with Crippen LogP contribution >= 0.6 is 11.8 Å². The number of benzene rings is 1. The van der Waals surface area contributed by atoms with E-state index in [-0.39, 0.29) is 0 Å². The van der Waals surface area contributed by atoms with Crippen LogP contribution < -0.4 is 10.1 Å². The second-order valence-electron chi connectivity index (χ2n) is 4.41. The van der Waals surface area contributed by atoms with Gasteiger partial charge in [0, 0.05) is 29.0 Å². The molecule has 0 aliphatic rings. The maximum atomic E-state index is 5.25. The maximum Gasteiger partial charge on any atom is 0.129 e. The topological polar surface area (TPSA) is 34.2 Å². The summed E-state index contributed by atoms with van der Waals surface area (Å²) in [5, 5.41) is 3.37. The molecule has 0 amide bonds. The Morgan fingerprint density at radius 2 is 2.15 bits per heavy atom. The van der Waals surface area contributed by atoms with E-state index in [1.165, 1.54) is 10.5 Å². The zero-order valence-corrected chi connectivity index (χ0v) is 12.7. The summed E-state index contributed by atoms with van der Waals surface area (Å²) in [5.74, 6) is 2.78. The van der Waals surface area contributed by atoms with Gasteiger partial charge in [-0.3, -0.25) is 0 Å². The lowest BCUT2D eigenvalue weighted by Gasteiger charge is -2.10. The first-order valence-electron chi connectivity index (χ1n) is 6.78. The van der Waals surface area contributed by atoms with Gasteiger partial charge in [0.15, 0.2) is 0 Å². The van der Waals surface area contributed by atoms with E-state index < -0.39 is 0 Å². The molecule has 0 fully saturated rings. The lowest BCUT2D eigenvalue weighted by molar-refractivity contribution is 0.413. The van der Waals surface area contributed by atoms with Gasteiger partial charge in [-0.15, -0.1) is 11.8 Å². The third kappa shape index (κ3) is 4.17. The molecular weight excluding hydrogens is 268 g/mol. The zero-order chi connectivity index (χ0) is 14.2. The van der Waals surface area contributed by atoms with Crippen LogP contribution in [-0.2, 0) is 5.75 Å². The Morgan fingerprint density at radius 3 is 2.95 bits per heavy atom. The summed E-state index contributed by atoms with van der Waals surface area (Å²) in [4.78, 5) is 5.62. The molecule has 106 valence electrons. The highest BCUT2D eigenvalue weighted by Gasteiger charge is 2.04. The van der Waals surface area contributed by atoms with Crippen molar-refractivity contribution in [1.29, 1.82) is 0 Å². The molecular formula is C16H20N2OS. The van der Waals surface area contributed by atoms with E-state index in [0.717, 1.165) is 30.3 Å². The number of rotatable bonds is 7. The monoisotopic (exact) mass is 288 g/mol. The summed E-state index contributed by atoms with van der Waals surface area (Å²) < 4.78 is 5.25. The highest BCUT2D eigenvalue weighted by molar-refractivity contribution is 7.98. The molecule has 1 N–H and O–H groups in total. The Kier molecular flexibility index (Phi) is 5.74. The Morgan fingerprint density at radius 1 is 1.25 bits per heavy atom. The Bertz CT molecular complexity index is 546. The number of pyridine rings is 1. The molecule has 0 saturated heterocycles. The molecule has 20 heavy (non-hydrogen) atoms. The van der Waals surface area contributed by atoms with Gasteiger partial charge in [0.2, 0.25) is 0 Å². The lowest BCUT2D eigenvalue weighted by atomic mass is 10.3. The van der Waals surface area contributed by atoms with Gasteiger partial charge in [0.1, 0.15) is 11.6 Å². The minimum absolute atomic E-state index is 0.894. The van der Waals surface area contributed by atoms with Gasteiger partial charge >= 0.3 is 0 Å². The molecule has 0 bridgehead atoms. The number of methoxy groups -OCH3 is 1. The van der Waals surface area contributed by atoms with Crippen molar-refractivity contribution in [2.24, 2.45) is 0 Å². The minimum atomic E-state index is 0.894. The highest BCUT2D eigenvalue weighted by Crippen LogP contribution is 2.28. The fourth-order valence-electron chi connectivity index (χ4n) is 1.81. The standard InChI is InChI=1S/C16H20N2OS/c1-3-9-17-16-13(6-5-10-18-16)12-20-15-8-4-7-14(11-15)19-2/h4-8,10-11H,3,9,12H2,1-2H3,(H,17,18). The third-order valence-corrected chi connectivity index (χ3v) is 3.91. The fourth-order valence-corrected chi connectivity index (χ4v) is 2.74. The molecule has 2 aromatic rings. The van der Waals surface area contributed by atoms with Crippen molar-refractivity contribution in [3.05, 3.63) is 48.2 Å². The summed E-state index contributed by atoms with van der Waals surface area (Å²) >= 11 is 1.79. The van der Waals surface area contributed by atoms with E-state index in [2.05, 4.69) is 35.4 Å². The molecule has 0 radical (unpaired) electrons. The van der Waals surface area contributed by atoms with Crippen LogP contribution in [0.5, 0.6) is 5.75 Å². The summed E-state index contributed by atoms with van der Waals surface area (Å²) in [6.07, 6.45) is 2.93. The van der Waals surface area contributed by atoms with Crippen molar-refractivity contribution >= 4 is 17.6 Å². The molecule has 0 saturated carbocycles. The second kappa shape index (κ2) is 7.80. The quantitative estimate of drug-likeness (QED) is 0.774. The number of ether oxygens (including phenoxy) is 1. The molecule has 0 atom stereocenters. The van der Waals surface area contributed by atoms with Crippen LogP contribution in [0.1, 0.15) is 18.9 Å². The summed E-state index contributed by atoms with van der Waals surface area (Å²) in [5.41, 5.74) is 1.23. The van der Waals surface area contributed by atoms with E-state index >= 15 is 0 Å². The smallest absolute Gasteiger partial charge is 0.129 e. The first-order valence-corrected chi connectivity index (χ1v) is 7.76. The number of anilines is 1. The highest BCUT2D eigenvalue weighted by atomic mass is 32.2. The molecule has 1 heterocycles. The molecule has 1 aromatic carbocycles. The number of aromatic nitrogens is 1. The van der Waals surface area contributed by atoms with Crippen LogP contribution in [0, 0.1) is 0 Å². The van der Waals surface area contributed by atoms with Crippen LogP contribution in [0.4, 0.5) is 5.82 Å². The Labute approximate surface area is 124 Å². The summed E-state index contributed by atoms with van der Waals surface area (Å²) in [7, 11) is 1.69. The van der Waals surface area contributed by atoms with Crippen LogP contribution in [0.2, 0.25) is 0 Å². The van der Waals surface area contributed by atoms with E-state index in [1.807, 2.05) is 24.4 Å². The first-order chi connectivity index (χ1) is 9.83. The van der Waals surface area contributed by atoms with Gasteiger partial charge in [-0.25, -0.2) is 4.98 Å². The van der Waals surface area contributed by atoms with Gasteiger partial charge in [-0.05, 0) is 30.7 Å². The van der Waals surface area contributed by atoms with Crippen molar-refractivity contribution in [1.82, 2.24) is 4.98 Å². The van der Waals surface area contributed by atoms with Crippen LogP contribution in [0.25, 0.3) is 0 Å². The van der Waals surface area contributed by atoms with Crippen molar-refractivity contribution in [3.8, 4) is 5.75 Å². The van der Waals surface area contributed by atoms with Gasteiger partial charge in [0.05, 0.1) is 7.11 Å². The molecule has 1 aromatic heterocycles. The first kappa shape index (κ1) is 14.7. The normalized spacial score (nSPS) is 10.3. The van der Waals surface area contributed by atoms with Gasteiger partial charge in [-0.1, -0.05) is 19.1 Å². The average molecular weight is 288 g/mol. The Balaban J connectivity index is 2.02. The lowest BCUT2D eigenvalue weighted by Crippen LogP contribution is -2.04. The molecule has 2 rings (SSSR count). The summed E-state index contributed by atoms with van der Waals surface area (Å²) in [6.45, 7) is 3.11. The third-order valence-electron chi connectivity index (χ3n) is 2.87. The SMILES string of the molecule is CCCNc1ncccc1CSc1cccc(OC)c1. The summed E-state index contributed by atoms with van der Waals surface area (Å²) in [6, 6.07) is 12.2. The molecule has 0 spiro atoms. The van der Waals surface area contributed by atoms with Crippen LogP contribution in [0.15, 0.2) is 47.5 Å². The minimum Gasteiger partial charge on any atom is -0.497 e. The van der Waals surface area contributed by atoms with Crippen molar-refractivity contribution in [3.63, 3.8) is 0 Å². The Hall–Kier alpha value is -1.68. The number of nitrogens with zero attached hydrogens (tertiary/aromatic N) is 1. The molecule has 3 nitrogen and oxygen atoms in total. The molecule has 0 unspecified atom stereocenters. The predicted molar refractivity (Wildman–Crippen MR) is 85.6 cm³/mol. The molecule has 4 heteroatoms. The van der Waals surface area contributed by atoms with E-state index in [9.17, 15) is 0 Å². The second-order valence-corrected chi connectivity index (χ2v) is 5.45. The van der Waals surface area contributed by atoms with Crippen molar-refractivity contribution in [2.45, 2.75) is 24.0 Å². The zero-order valence-electron chi connectivity index (χ0n) is 11.9. The number of hydrogen-bond donors (Lipinski definition) is 1. The van der Waals surface area contributed by atoms with E-state index in [0.29, 0.717) is 0 Å². The fraction of sp³-hybridized carbons (Fsp3) is 0.312. The molecule has 0 aliphatic carbocycles. The van der Waals surface area contributed by atoms with Crippen LogP contribution in [-0.4, -0.2) is 18.6 Å². The number of thioether (sulfide) groups is 1. The maximum absolute atomic E-state index is 5.25. The van der Waals surface area contributed by atoms with E-state index in [1.54, 1.807) is 18.9 Å². The van der Waals surface area contributed by atoms with Crippen molar-refractivity contribution < 1.29 is 4.74 Å². The number of nitrogens with one attached hydrogen (secondary N) is 1. The largest absolute Gasteiger partial charge is 0.497 e. The number of hydrogen-bond acceptors (Lipinski definition) is 4. The van der Waals surface area contributed by atoms with Crippen molar-refractivity contribution in [2.75, 3.05) is 19.0 Å². The molecule has 0 aliphatic heterocycles. The average Bonchev–Trinajstić information content (AvgIpc) is 2.52.